The number of benzene rings is 1. The maximum absolute atomic E-state index is 13.6. The minimum atomic E-state index is -4.53. The zero-order valence-electron chi connectivity index (χ0n) is 19.3. The molecule has 3 rings (SSSR count). The van der Waals surface area contributed by atoms with Crippen LogP contribution in [0.25, 0.3) is 0 Å². The van der Waals surface area contributed by atoms with E-state index in [1.165, 1.54) is 27.8 Å². The second-order valence-electron chi connectivity index (χ2n) is 8.85. The average molecular weight is 467 g/mol. The molecule has 0 N–H and O–H groups in total. The number of alkyl halides is 3. The summed E-state index contributed by atoms with van der Waals surface area (Å²) in [4.78, 5) is 26.6. The van der Waals surface area contributed by atoms with Gasteiger partial charge in [0.25, 0.3) is 0 Å². The first kappa shape index (κ1) is 24.6. The number of rotatable bonds is 4. The second kappa shape index (κ2) is 9.07. The quantitative estimate of drug-likeness (QED) is 0.593. The molecule has 2 heterocycles. The summed E-state index contributed by atoms with van der Waals surface area (Å²) in [5, 5.41) is 4.37. The van der Waals surface area contributed by atoms with Crippen molar-refractivity contribution >= 4 is 12.1 Å². The van der Waals surface area contributed by atoms with E-state index >= 15 is 0 Å². The normalized spacial score (nSPS) is 15.1. The number of hydrogen-bond acceptors (Lipinski definition) is 5. The molecule has 1 atom stereocenters. The number of halogens is 3. The van der Waals surface area contributed by atoms with E-state index in [-0.39, 0.29) is 31.0 Å². The van der Waals surface area contributed by atoms with E-state index in [2.05, 4.69) is 5.10 Å². The topological polar surface area (TPSA) is 73.7 Å². The fourth-order valence-corrected chi connectivity index (χ4v) is 3.86. The van der Waals surface area contributed by atoms with Crippen molar-refractivity contribution in [2.75, 3.05) is 13.2 Å². The third kappa shape index (κ3) is 5.31. The van der Waals surface area contributed by atoms with Gasteiger partial charge < -0.3 is 14.4 Å². The zero-order valence-corrected chi connectivity index (χ0v) is 19.3. The number of ether oxygens (including phenoxy) is 2. The van der Waals surface area contributed by atoms with Crippen molar-refractivity contribution in [2.45, 2.75) is 65.4 Å². The van der Waals surface area contributed by atoms with Gasteiger partial charge in [0.15, 0.2) is 5.69 Å². The molecule has 1 aromatic carbocycles. The van der Waals surface area contributed by atoms with Gasteiger partial charge in [-0.15, -0.1) is 0 Å². The summed E-state index contributed by atoms with van der Waals surface area (Å²) in [6.07, 6.45) is -4.76. The molecular formula is C23H28F3N3O4. The van der Waals surface area contributed by atoms with Gasteiger partial charge in [-0.05, 0) is 46.2 Å². The van der Waals surface area contributed by atoms with Crippen molar-refractivity contribution in [3.8, 4) is 0 Å². The molecule has 0 bridgehead atoms. The number of esters is 1. The molecule has 1 aliphatic heterocycles. The highest BCUT2D eigenvalue weighted by Gasteiger charge is 2.37. The minimum absolute atomic E-state index is 0.00329. The number of carbonyl (C=O) groups excluding carboxylic acids is 2. The number of hydrogen-bond donors (Lipinski definition) is 0. The van der Waals surface area contributed by atoms with Crippen molar-refractivity contribution in [3.63, 3.8) is 0 Å². The molecule has 1 aliphatic rings. The first-order valence-electron chi connectivity index (χ1n) is 10.7. The van der Waals surface area contributed by atoms with Gasteiger partial charge in [-0.25, -0.2) is 9.59 Å². The lowest BCUT2D eigenvalue weighted by Gasteiger charge is -2.31. The first-order valence-corrected chi connectivity index (χ1v) is 10.7. The number of aromatic nitrogens is 2. The van der Waals surface area contributed by atoms with Gasteiger partial charge in [-0.3, -0.25) is 4.68 Å². The summed E-state index contributed by atoms with van der Waals surface area (Å²) in [7, 11) is 0. The Labute approximate surface area is 190 Å². The summed E-state index contributed by atoms with van der Waals surface area (Å²) in [5.74, 6) is -0.685. The Balaban J connectivity index is 2.04. The molecule has 0 spiro atoms. The Morgan fingerprint density at radius 1 is 1.18 bits per heavy atom. The maximum atomic E-state index is 13.6. The first-order chi connectivity index (χ1) is 15.3. The van der Waals surface area contributed by atoms with Gasteiger partial charge in [0.1, 0.15) is 5.60 Å². The van der Waals surface area contributed by atoms with Gasteiger partial charge in [0.2, 0.25) is 0 Å². The number of carbonyl (C=O) groups is 2. The summed E-state index contributed by atoms with van der Waals surface area (Å²) in [6.45, 7) is 8.95. The third-order valence-electron chi connectivity index (χ3n) is 5.29. The van der Waals surface area contributed by atoms with E-state index in [0.29, 0.717) is 17.7 Å². The summed E-state index contributed by atoms with van der Waals surface area (Å²) in [5.41, 5.74) is -0.354. The van der Waals surface area contributed by atoms with Crippen molar-refractivity contribution < 1.29 is 32.2 Å². The van der Waals surface area contributed by atoms with Crippen LogP contribution in [0.5, 0.6) is 0 Å². The van der Waals surface area contributed by atoms with E-state index < -0.39 is 35.4 Å². The number of amides is 1. The van der Waals surface area contributed by atoms with Crippen LogP contribution in [0.1, 0.15) is 73.5 Å². The van der Waals surface area contributed by atoms with Gasteiger partial charge in [0.05, 0.1) is 24.8 Å². The van der Waals surface area contributed by atoms with Crippen LogP contribution in [0.2, 0.25) is 0 Å². The van der Waals surface area contributed by atoms with E-state index in [0.717, 1.165) is 6.07 Å². The highest BCUT2D eigenvalue weighted by molar-refractivity contribution is 5.89. The van der Waals surface area contributed by atoms with Gasteiger partial charge in [-0.1, -0.05) is 18.2 Å². The standard InChI is InChI=1S/C23H28F3N3O4/c1-6-32-20(30)19-16-13-28(21(31)33-22(3,4)5)12-11-18(16)29(27-19)14(2)15-9-7-8-10-17(15)23(24,25)26/h7-10,14H,6,11-13H2,1-5H3. The Morgan fingerprint density at radius 3 is 2.45 bits per heavy atom. The molecule has 180 valence electrons. The molecule has 0 saturated carbocycles. The Bertz CT molecular complexity index is 1040. The Kier molecular flexibility index (Phi) is 6.76. The zero-order chi connectivity index (χ0) is 24.6. The third-order valence-corrected chi connectivity index (χ3v) is 5.29. The smallest absolute Gasteiger partial charge is 0.416 e. The second-order valence-corrected chi connectivity index (χ2v) is 8.85. The molecule has 1 aromatic heterocycles. The lowest BCUT2D eigenvalue weighted by molar-refractivity contribution is -0.138. The summed E-state index contributed by atoms with van der Waals surface area (Å²) >= 11 is 0. The van der Waals surface area contributed by atoms with Crippen LogP contribution in [-0.4, -0.2) is 45.5 Å². The molecular weight excluding hydrogens is 439 g/mol. The average Bonchev–Trinajstić information content (AvgIpc) is 3.10. The lowest BCUT2D eigenvalue weighted by Crippen LogP contribution is -2.40. The van der Waals surface area contributed by atoms with Crippen molar-refractivity contribution in [1.82, 2.24) is 14.7 Å². The predicted molar refractivity (Wildman–Crippen MR) is 114 cm³/mol. The van der Waals surface area contributed by atoms with Crippen LogP contribution < -0.4 is 0 Å². The van der Waals surface area contributed by atoms with E-state index in [1.807, 2.05) is 0 Å². The van der Waals surface area contributed by atoms with Crippen LogP contribution in [0, 0.1) is 0 Å². The molecule has 1 amide bonds. The Morgan fingerprint density at radius 2 is 1.85 bits per heavy atom. The molecule has 0 aliphatic carbocycles. The highest BCUT2D eigenvalue weighted by atomic mass is 19.4. The molecule has 33 heavy (non-hydrogen) atoms. The van der Waals surface area contributed by atoms with E-state index in [1.54, 1.807) is 34.6 Å². The molecule has 2 aromatic rings. The van der Waals surface area contributed by atoms with Crippen LogP contribution in [0.3, 0.4) is 0 Å². The van der Waals surface area contributed by atoms with Crippen molar-refractivity contribution in [3.05, 3.63) is 52.3 Å². The number of nitrogens with zero attached hydrogens (tertiary/aromatic N) is 3. The largest absolute Gasteiger partial charge is 0.461 e. The van der Waals surface area contributed by atoms with Gasteiger partial charge in [-0.2, -0.15) is 18.3 Å². The van der Waals surface area contributed by atoms with Crippen molar-refractivity contribution in [1.29, 1.82) is 0 Å². The van der Waals surface area contributed by atoms with Crippen LogP contribution in [0.4, 0.5) is 18.0 Å². The predicted octanol–water partition coefficient (Wildman–Crippen LogP) is 4.98. The van der Waals surface area contributed by atoms with Gasteiger partial charge in [0, 0.05) is 24.2 Å². The molecule has 0 fully saturated rings. The van der Waals surface area contributed by atoms with Crippen molar-refractivity contribution in [2.24, 2.45) is 0 Å². The molecule has 1 unspecified atom stereocenters. The van der Waals surface area contributed by atoms with Crippen LogP contribution in [0.15, 0.2) is 24.3 Å². The van der Waals surface area contributed by atoms with E-state index in [4.69, 9.17) is 9.47 Å². The fourth-order valence-electron chi connectivity index (χ4n) is 3.86. The summed E-state index contributed by atoms with van der Waals surface area (Å²) < 4.78 is 52.8. The SMILES string of the molecule is CCOC(=O)c1nn(C(C)c2ccccc2C(F)(F)F)c2c1CN(C(=O)OC(C)(C)C)CC2. The number of fused-ring (bicyclic) bond motifs is 1. The van der Waals surface area contributed by atoms with Gasteiger partial charge >= 0.3 is 18.2 Å². The maximum Gasteiger partial charge on any atom is 0.416 e. The molecule has 0 saturated heterocycles. The molecule has 10 heteroatoms. The monoisotopic (exact) mass is 467 g/mol. The summed E-state index contributed by atoms with van der Waals surface area (Å²) in [6, 6.07) is 4.50. The van der Waals surface area contributed by atoms with Crippen LogP contribution >= 0.6 is 0 Å². The highest BCUT2D eigenvalue weighted by Crippen LogP contribution is 2.37. The molecule has 7 nitrogen and oxygen atoms in total. The molecule has 0 radical (unpaired) electrons. The van der Waals surface area contributed by atoms with E-state index in [9.17, 15) is 22.8 Å². The van der Waals surface area contributed by atoms with Crippen LogP contribution in [-0.2, 0) is 28.6 Å². The fraction of sp³-hybridized carbons (Fsp3) is 0.522. The Hall–Kier alpha value is -3.04. The lowest BCUT2D eigenvalue weighted by atomic mass is 9.99. The minimum Gasteiger partial charge on any atom is -0.461 e.